The number of hydrogen-bond acceptors (Lipinski definition) is 4. The van der Waals surface area contributed by atoms with Gasteiger partial charge in [0.2, 0.25) is 11.7 Å². The Labute approximate surface area is 113 Å². The van der Waals surface area contributed by atoms with Crippen LogP contribution in [0.5, 0.6) is 0 Å². The van der Waals surface area contributed by atoms with Gasteiger partial charge < -0.3 is 9.84 Å². The maximum absolute atomic E-state index is 12.9. The lowest BCUT2D eigenvalue weighted by Crippen LogP contribution is -2.08. The van der Waals surface area contributed by atoms with Gasteiger partial charge in [-0.3, -0.25) is 0 Å². The standard InChI is InChI=1S/C13H12F3N3O/c14-13(15,16)10-4-2-1-3-9(10)11-18-12(20-19-11)8-5-6-17-7-8/h1-4,8,17H,5-7H2. The fourth-order valence-electron chi connectivity index (χ4n) is 2.30. The van der Waals surface area contributed by atoms with Crippen LogP contribution >= 0.6 is 0 Å². The van der Waals surface area contributed by atoms with E-state index in [0.29, 0.717) is 12.4 Å². The molecule has 1 fully saturated rings. The van der Waals surface area contributed by atoms with Crippen LogP contribution in [0.25, 0.3) is 11.4 Å². The molecule has 1 aliphatic heterocycles. The lowest BCUT2D eigenvalue weighted by Gasteiger charge is -2.09. The first kappa shape index (κ1) is 13.1. The average molecular weight is 283 g/mol. The molecule has 1 atom stereocenters. The third-order valence-corrected chi connectivity index (χ3v) is 3.32. The summed E-state index contributed by atoms with van der Waals surface area (Å²) in [6.45, 7) is 1.56. The number of nitrogens with one attached hydrogen (secondary N) is 1. The van der Waals surface area contributed by atoms with Crippen LogP contribution in [0.2, 0.25) is 0 Å². The molecule has 2 aromatic rings. The molecule has 1 unspecified atom stereocenters. The van der Waals surface area contributed by atoms with Crippen LogP contribution < -0.4 is 5.32 Å². The summed E-state index contributed by atoms with van der Waals surface area (Å²) in [5.41, 5.74) is -0.808. The van der Waals surface area contributed by atoms with Gasteiger partial charge in [-0.25, -0.2) is 0 Å². The zero-order chi connectivity index (χ0) is 14.2. The molecule has 2 heterocycles. The molecule has 1 aromatic heterocycles. The summed E-state index contributed by atoms with van der Waals surface area (Å²) in [6, 6.07) is 5.23. The number of nitrogens with zero attached hydrogens (tertiary/aromatic N) is 2. The molecule has 3 rings (SSSR count). The number of alkyl halides is 3. The van der Waals surface area contributed by atoms with E-state index >= 15 is 0 Å². The number of benzene rings is 1. The number of aromatic nitrogens is 2. The molecule has 1 aliphatic rings. The number of hydrogen-bond donors (Lipinski definition) is 1. The topological polar surface area (TPSA) is 51.0 Å². The largest absolute Gasteiger partial charge is 0.417 e. The Bertz CT molecular complexity index is 603. The average Bonchev–Trinajstić information content (AvgIpc) is 3.09. The Hall–Kier alpha value is -1.89. The van der Waals surface area contributed by atoms with E-state index in [0.717, 1.165) is 19.0 Å². The van der Waals surface area contributed by atoms with Crippen molar-refractivity contribution in [1.82, 2.24) is 15.5 Å². The molecule has 0 amide bonds. The fraction of sp³-hybridized carbons (Fsp3) is 0.385. The van der Waals surface area contributed by atoms with Crippen molar-refractivity contribution < 1.29 is 17.7 Å². The molecule has 0 radical (unpaired) electrons. The molecular formula is C13H12F3N3O. The molecule has 20 heavy (non-hydrogen) atoms. The van der Waals surface area contributed by atoms with Crippen molar-refractivity contribution in [3.8, 4) is 11.4 Å². The maximum Gasteiger partial charge on any atom is 0.417 e. The van der Waals surface area contributed by atoms with E-state index in [2.05, 4.69) is 15.5 Å². The second-order valence-electron chi connectivity index (χ2n) is 4.69. The molecular weight excluding hydrogens is 271 g/mol. The van der Waals surface area contributed by atoms with Gasteiger partial charge in [-0.2, -0.15) is 18.2 Å². The highest BCUT2D eigenvalue weighted by Crippen LogP contribution is 2.36. The quantitative estimate of drug-likeness (QED) is 0.920. The van der Waals surface area contributed by atoms with Gasteiger partial charge in [-0.1, -0.05) is 23.4 Å². The lowest BCUT2D eigenvalue weighted by molar-refractivity contribution is -0.137. The summed E-state index contributed by atoms with van der Waals surface area (Å²) in [6.07, 6.45) is -3.59. The van der Waals surface area contributed by atoms with Crippen LogP contribution in [0.3, 0.4) is 0 Å². The summed E-state index contributed by atoms with van der Waals surface area (Å²) in [7, 11) is 0. The Morgan fingerprint density at radius 2 is 2.05 bits per heavy atom. The van der Waals surface area contributed by atoms with Crippen LogP contribution in [0.4, 0.5) is 13.2 Å². The SMILES string of the molecule is FC(F)(F)c1ccccc1-c1noc(C2CCNC2)n1. The molecule has 0 spiro atoms. The van der Waals surface area contributed by atoms with Gasteiger partial charge in [0.25, 0.3) is 0 Å². The van der Waals surface area contributed by atoms with Crippen molar-refractivity contribution in [3.63, 3.8) is 0 Å². The van der Waals surface area contributed by atoms with Crippen molar-refractivity contribution in [3.05, 3.63) is 35.7 Å². The minimum absolute atomic E-state index is 0.0141. The zero-order valence-electron chi connectivity index (χ0n) is 10.4. The lowest BCUT2D eigenvalue weighted by atomic mass is 10.1. The van der Waals surface area contributed by atoms with Gasteiger partial charge in [0, 0.05) is 12.1 Å². The van der Waals surface area contributed by atoms with E-state index in [1.165, 1.54) is 18.2 Å². The second kappa shape index (κ2) is 4.90. The van der Waals surface area contributed by atoms with Gasteiger partial charge >= 0.3 is 6.18 Å². The van der Waals surface area contributed by atoms with Gasteiger partial charge in [-0.05, 0) is 19.0 Å². The summed E-state index contributed by atoms with van der Waals surface area (Å²) < 4.78 is 43.9. The van der Waals surface area contributed by atoms with Crippen molar-refractivity contribution in [2.75, 3.05) is 13.1 Å². The van der Waals surface area contributed by atoms with Crippen LogP contribution in [-0.4, -0.2) is 23.2 Å². The predicted molar refractivity (Wildman–Crippen MR) is 65.0 cm³/mol. The van der Waals surface area contributed by atoms with E-state index in [-0.39, 0.29) is 17.3 Å². The molecule has 0 saturated carbocycles. The van der Waals surface area contributed by atoms with E-state index in [1.54, 1.807) is 0 Å². The molecule has 1 N–H and O–H groups in total. The van der Waals surface area contributed by atoms with Gasteiger partial charge in [0.05, 0.1) is 11.5 Å². The molecule has 0 aliphatic carbocycles. The normalized spacial score (nSPS) is 19.4. The molecule has 1 saturated heterocycles. The molecule has 4 nitrogen and oxygen atoms in total. The first-order chi connectivity index (χ1) is 9.55. The number of rotatable bonds is 2. The monoisotopic (exact) mass is 283 g/mol. The Balaban J connectivity index is 1.97. The van der Waals surface area contributed by atoms with Gasteiger partial charge in [0.1, 0.15) is 0 Å². The van der Waals surface area contributed by atoms with E-state index in [4.69, 9.17) is 4.52 Å². The molecule has 106 valence electrons. The fourth-order valence-corrected chi connectivity index (χ4v) is 2.30. The Morgan fingerprint density at radius 3 is 2.75 bits per heavy atom. The third kappa shape index (κ3) is 2.40. The minimum atomic E-state index is -4.44. The van der Waals surface area contributed by atoms with Crippen molar-refractivity contribution in [2.24, 2.45) is 0 Å². The van der Waals surface area contributed by atoms with Crippen LogP contribution in [-0.2, 0) is 6.18 Å². The van der Waals surface area contributed by atoms with E-state index in [1.807, 2.05) is 0 Å². The Morgan fingerprint density at radius 1 is 1.25 bits per heavy atom. The number of halogens is 3. The summed E-state index contributed by atoms with van der Waals surface area (Å²) >= 11 is 0. The first-order valence-corrected chi connectivity index (χ1v) is 6.26. The smallest absolute Gasteiger partial charge is 0.339 e. The van der Waals surface area contributed by atoms with Gasteiger partial charge in [0.15, 0.2) is 0 Å². The second-order valence-corrected chi connectivity index (χ2v) is 4.69. The van der Waals surface area contributed by atoms with Crippen molar-refractivity contribution in [2.45, 2.75) is 18.5 Å². The zero-order valence-corrected chi connectivity index (χ0v) is 10.4. The van der Waals surface area contributed by atoms with Crippen LogP contribution in [0, 0.1) is 0 Å². The highest BCUT2D eigenvalue weighted by Gasteiger charge is 2.35. The first-order valence-electron chi connectivity index (χ1n) is 6.26. The summed E-state index contributed by atoms with van der Waals surface area (Å²) in [5, 5.41) is 6.84. The summed E-state index contributed by atoms with van der Waals surface area (Å²) in [4.78, 5) is 4.12. The van der Waals surface area contributed by atoms with E-state index < -0.39 is 11.7 Å². The van der Waals surface area contributed by atoms with Crippen LogP contribution in [0.15, 0.2) is 28.8 Å². The predicted octanol–water partition coefficient (Wildman–Crippen LogP) is 2.83. The van der Waals surface area contributed by atoms with Crippen LogP contribution in [0.1, 0.15) is 23.8 Å². The summed E-state index contributed by atoms with van der Waals surface area (Å²) in [5.74, 6) is 0.455. The molecule has 0 bridgehead atoms. The maximum atomic E-state index is 12.9. The highest BCUT2D eigenvalue weighted by atomic mass is 19.4. The minimum Gasteiger partial charge on any atom is -0.339 e. The molecule has 1 aromatic carbocycles. The third-order valence-electron chi connectivity index (χ3n) is 3.32. The van der Waals surface area contributed by atoms with E-state index in [9.17, 15) is 13.2 Å². The highest BCUT2D eigenvalue weighted by molar-refractivity contribution is 5.60. The van der Waals surface area contributed by atoms with Crippen molar-refractivity contribution >= 4 is 0 Å². The Kier molecular flexibility index (Phi) is 3.21. The van der Waals surface area contributed by atoms with Crippen molar-refractivity contribution in [1.29, 1.82) is 0 Å². The van der Waals surface area contributed by atoms with Gasteiger partial charge in [-0.15, -0.1) is 0 Å². The molecule has 7 heteroatoms.